The van der Waals surface area contributed by atoms with Crippen molar-refractivity contribution in [3.8, 4) is 0 Å². The average molecular weight is 376 g/mol. The molecule has 4 heteroatoms. The Morgan fingerprint density at radius 2 is 1.94 bits per heavy atom. The summed E-state index contributed by atoms with van der Waals surface area (Å²) in [5.74, 6) is 0. The molecule has 2 nitrogen and oxygen atoms in total. The van der Waals surface area contributed by atoms with Crippen LogP contribution in [-0.2, 0) is 6.54 Å². The van der Waals surface area contributed by atoms with E-state index in [9.17, 15) is 0 Å². The lowest BCUT2D eigenvalue weighted by atomic mass is 9.75. The van der Waals surface area contributed by atoms with Gasteiger partial charge in [0.15, 0.2) is 0 Å². The number of nitrogens with zero attached hydrogens (tertiary/aromatic N) is 1. The number of nitrogens with one attached hydrogen (secondary N) is 1. The first kappa shape index (κ1) is 14.5. The standard InChI is InChI=1S/C14H20Br2N2/c1-18(2)14(6-3-7-14)10-17-9-11-4-5-12(15)13(16)8-11/h4-5,8,17H,3,6-7,9-10H2,1-2H3. The van der Waals surface area contributed by atoms with Crippen molar-refractivity contribution in [1.29, 1.82) is 0 Å². The summed E-state index contributed by atoms with van der Waals surface area (Å²) in [5, 5.41) is 3.59. The SMILES string of the molecule is CN(C)C1(CNCc2ccc(Br)c(Br)c2)CCC1. The molecular weight excluding hydrogens is 356 g/mol. The average Bonchev–Trinajstić information content (AvgIpc) is 2.26. The molecule has 0 heterocycles. The van der Waals surface area contributed by atoms with Crippen molar-refractivity contribution < 1.29 is 0 Å². The van der Waals surface area contributed by atoms with E-state index >= 15 is 0 Å². The van der Waals surface area contributed by atoms with E-state index < -0.39 is 0 Å². The van der Waals surface area contributed by atoms with Gasteiger partial charge in [0, 0.05) is 27.6 Å². The topological polar surface area (TPSA) is 15.3 Å². The first-order valence-corrected chi connectivity index (χ1v) is 7.94. The van der Waals surface area contributed by atoms with Crippen molar-refractivity contribution in [2.45, 2.75) is 31.3 Å². The van der Waals surface area contributed by atoms with Crippen molar-refractivity contribution in [3.05, 3.63) is 32.7 Å². The highest BCUT2D eigenvalue weighted by Gasteiger charge is 2.38. The van der Waals surface area contributed by atoms with Gasteiger partial charge in [-0.1, -0.05) is 6.07 Å². The molecule has 1 fully saturated rings. The molecule has 0 atom stereocenters. The summed E-state index contributed by atoms with van der Waals surface area (Å²) >= 11 is 7.04. The van der Waals surface area contributed by atoms with E-state index in [1.807, 2.05) is 0 Å². The molecule has 1 saturated carbocycles. The molecule has 2 rings (SSSR count). The number of hydrogen-bond donors (Lipinski definition) is 1. The van der Waals surface area contributed by atoms with Crippen LogP contribution in [0.15, 0.2) is 27.1 Å². The van der Waals surface area contributed by atoms with Crippen LogP contribution in [-0.4, -0.2) is 31.1 Å². The van der Waals surface area contributed by atoms with Gasteiger partial charge in [-0.25, -0.2) is 0 Å². The molecular formula is C14H20Br2N2. The predicted octanol–water partition coefficient (Wildman–Crippen LogP) is 3.79. The Kier molecular flexibility index (Phi) is 4.86. The summed E-state index contributed by atoms with van der Waals surface area (Å²) in [5.41, 5.74) is 1.71. The molecule has 0 bridgehead atoms. The van der Waals surface area contributed by atoms with Crippen molar-refractivity contribution in [2.75, 3.05) is 20.6 Å². The summed E-state index contributed by atoms with van der Waals surface area (Å²) in [7, 11) is 4.38. The zero-order valence-corrected chi connectivity index (χ0v) is 14.1. The smallest absolute Gasteiger partial charge is 0.0328 e. The Morgan fingerprint density at radius 3 is 2.44 bits per heavy atom. The van der Waals surface area contributed by atoms with Crippen molar-refractivity contribution in [3.63, 3.8) is 0 Å². The summed E-state index contributed by atoms with van der Waals surface area (Å²) in [6.45, 7) is 2.01. The van der Waals surface area contributed by atoms with Crippen molar-refractivity contribution in [1.82, 2.24) is 10.2 Å². The van der Waals surface area contributed by atoms with Gasteiger partial charge in [-0.2, -0.15) is 0 Å². The van der Waals surface area contributed by atoms with Crippen molar-refractivity contribution in [2.24, 2.45) is 0 Å². The number of halogens is 2. The molecule has 0 unspecified atom stereocenters. The molecule has 1 aliphatic carbocycles. The Labute approximate surface area is 126 Å². The third kappa shape index (κ3) is 3.16. The highest BCUT2D eigenvalue weighted by Crippen LogP contribution is 2.35. The number of benzene rings is 1. The second-order valence-electron chi connectivity index (χ2n) is 5.32. The highest BCUT2D eigenvalue weighted by atomic mass is 79.9. The maximum absolute atomic E-state index is 3.59. The summed E-state index contributed by atoms with van der Waals surface area (Å²) in [6, 6.07) is 6.41. The maximum atomic E-state index is 3.59. The molecule has 1 aromatic carbocycles. The number of rotatable bonds is 5. The fraction of sp³-hybridized carbons (Fsp3) is 0.571. The molecule has 0 aromatic heterocycles. The lowest BCUT2D eigenvalue weighted by Crippen LogP contribution is -2.56. The Balaban J connectivity index is 1.86. The zero-order valence-electron chi connectivity index (χ0n) is 11.0. The molecule has 1 N–H and O–H groups in total. The summed E-state index contributed by atoms with van der Waals surface area (Å²) in [4.78, 5) is 2.38. The fourth-order valence-electron chi connectivity index (χ4n) is 2.46. The van der Waals surface area contributed by atoms with E-state index in [0.717, 1.165) is 22.0 Å². The third-order valence-corrected chi connectivity index (χ3v) is 5.88. The molecule has 1 aromatic rings. The second kappa shape index (κ2) is 6.04. The van der Waals surface area contributed by atoms with Gasteiger partial charge in [-0.05, 0) is 82.9 Å². The van der Waals surface area contributed by atoms with Crippen LogP contribution in [0.5, 0.6) is 0 Å². The minimum atomic E-state index is 0.395. The van der Waals surface area contributed by atoms with Gasteiger partial charge in [0.05, 0.1) is 0 Å². The molecule has 100 valence electrons. The minimum absolute atomic E-state index is 0.395. The minimum Gasteiger partial charge on any atom is -0.311 e. The quantitative estimate of drug-likeness (QED) is 0.842. The van der Waals surface area contributed by atoms with E-state index in [1.54, 1.807) is 0 Å². The van der Waals surface area contributed by atoms with Gasteiger partial charge in [-0.15, -0.1) is 0 Å². The third-order valence-electron chi connectivity index (χ3n) is 4.00. The van der Waals surface area contributed by atoms with E-state index in [-0.39, 0.29) is 0 Å². The maximum Gasteiger partial charge on any atom is 0.0328 e. The molecule has 0 aliphatic heterocycles. The number of likely N-dealkylation sites (N-methyl/N-ethyl adjacent to an activating group) is 1. The van der Waals surface area contributed by atoms with E-state index in [1.165, 1.54) is 24.8 Å². The van der Waals surface area contributed by atoms with Gasteiger partial charge in [-0.3, -0.25) is 0 Å². The second-order valence-corrected chi connectivity index (χ2v) is 7.03. The number of hydrogen-bond acceptors (Lipinski definition) is 2. The van der Waals surface area contributed by atoms with E-state index in [0.29, 0.717) is 5.54 Å². The first-order chi connectivity index (χ1) is 8.53. The van der Waals surface area contributed by atoms with Crippen LogP contribution in [0.3, 0.4) is 0 Å². The van der Waals surface area contributed by atoms with Crippen LogP contribution in [0.4, 0.5) is 0 Å². The Hall–Kier alpha value is 0.1000. The lowest BCUT2D eigenvalue weighted by Gasteiger charge is -2.47. The van der Waals surface area contributed by atoms with Crippen LogP contribution in [0, 0.1) is 0 Å². The largest absolute Gasteiger partial charge is 0.311 e. The fourth-order valence-corrected chi connectivity index (χ4v) is 3.13. The van der Waals surface area contributed by atoms with Crippen molar-refractivity contribution >= 4 is 31.9 Å². The zero-order chi connectivity index (χ0) is 13.2. The van der Waals surface area contributed by atoms with Gasteiger partial charge in [0.2, 0.25) is 0 Å². The molecule has 1 aliphatic rings. The molecule has 0 radical (unpaired) electrons. The Bertz CT molecular complexity index is 414. The summed E-state index contributed by atoms with van der Waals surface area (Å²) < 4.78 is 2.22. The Morgan fingerprint density at radius 1 is 1.22 bits per heavy atom. The normalized spacial score (nSPS) is 17.8. The van der Waals surface area contributed by atoms with Gasteiger partial charge < -0.3 is 10.2 Å². The van der Waals surface area contributed by atoms with Gasteiger partial charge in [0.25, 0.3) is 0 Å². The van der Waals surface area contributed by atoms with E-state index in [2.05, 4.69) is 74.4 Å². The molecule has 18 heavy (non-hydrogen) atoms. The predicted molar refractivity (Wildman–Crippen MR) is 83.8 cm³/mol. The summed E-state index contributed by atoms with van der Waals surface area (Å²) in [6.07, 6.45) is 4.00. The van der Waals surface area contributed by atoms with Crippen LogP contribution in [0.2, 0.25) is 0 Å². The molecule has 0 spiro atoms. The molecule has 0 amide bonds. The van der Waals surface area contributed by atoms with Crippen LogP contribution >= 0.6 is 31.9 Å². The van der Waals surface area contributed by atoms with Gasteiger partial charge in [0.1, 0.15) is 0 Å². The van der Waals surface area contributed by atoms with Gasteiger partial charge >= 0.3 is 0 Å². The molecule has 0 saturated heterocycles. The highest BCUT2D eigenvalue weighted by molar-refractivity contribution is 9.13. The van der Waals surface area contributed by atoms with Crippen LogP contribution in [0.25, 0.3) is 0 Å². The van der Waals surface area contributed by atoms with Crippen LogP contribution in [0.1, 0.15) is 24.8 Å². The first-order valence-electron chi connectivity index (χ1n) is 6.36. The van der Waals surface area contributed by atoms with E-state index in [4.69, 9.17) is 0 Å². The lowest BCUT2D eigenvalue weighted by molar-refractivity contribution is 0.0598. The monoisotopic (exact) mass is 374 g/mol. The van der Waals surface area contributed by atoms with Crippen LogP contribution < -0.4 is 5.32 Å².